The van der Waals surface area contributed by atoms with Crippen LogP contribution in [0.3, 0.4) is 0 Å². The van der Waals surface area contributed by atoms with Gasteiger partial charge in [-0.1, -0.05) is 18.2 Å². The van der Waals surface area contributed by atoms with Gasteiger partial charge in [-0.25, -0.2) is 4.39 Å². The van der Waals surface area contributed by atoms with Gasteiger partial charge in [-0.05, 0) is 35.9 Å². The monoisotopic (exact) mass is 317 g/mol. The molecule has 0 aromatic heterocycles. The van der Waals surface area contributed by atoms with E-state index >= 15 is 0 Å². The minimum absolute atomic E-state index is 0.0720. The molecule has 0 atom stereocenters. The zero-order valence-electron chi connectivity index (χ0n) is 12.5. The number of carbonyl (C=O) groups is 2. The maximum atomic E-state index is 13.0. The molecule has 23 heavy (non-hydrogen) atoms. The van der Waals surface area contributed by atoms with Crippen LogP contribution in [0.4, 0.5) is 4.39 Å². The van der Waals surface area contributed by atoms with Crippen LogP contribution < -0.4 is 4.74 Å². The summed E-state index contributed by atoms with van der Waals surface area (Å²) in [6, 6.07) is 12.0. The number of hydrogen-bond donors (Lipinski definition) is 1. The highest BCUT2D eigenvalue weighted by Gasteiger charge is 2.19. The third kappa shape index (κ3) is 4.54. The van der Waals surface area contributed by atoms with Gasteiger partial charge in [0.1, 0.15) is 18.1 Å². The highest BCUT2D eigenvalue weighted by atomic mass is 19.1. The Labute approximate surface area is 132 Å². The SMILES string of the molecule is COc1cccc(C(=O)N(CC(=O)O)Cc2ccc(F)cc2)c1. The summed E-state index contributed by atoms with van der Waals surface area (Å²) >= 11 is 0. The number of carboxylic acids is 1. The summed E-state index contributed by atoms with van der Waals surface area (Å²) in [5.41, 5.74) is 0.969. The third-order valence-corrected chi connectivity index (χ3v) is 3.22. The lowest BCUT2D eigenvalue weighted by Gasteiger charge is -2.21. The average Bonchev–Trinajstić information content (AvgIpc) is 2.55. The van der Waals surface area contributed by atoms with Crippen LogP contribution in [-0.4, -0.2) is 35.5 Å². The van der Waals surface area contributed by atoms with E-state index in [2.05, 4.69) is 0 Å². The van der Waals surface area contributed by atoms with Gasteiger partial charge in [0.05, 0.1) is 7.11 Å². The molecule has 5 nitrogen and oxygen atoms in total. The van der Waals surface area contributed by atoms with Gasteiger partial charge < -0.3 is 14.7 Å². The second kappa shape index (κ2) is 7.40. The predicted octanol–water partition coefficient (Wildman–Crippen LogP) is 2.56. The summed E-state index contributed by atoms with van der Waals surface area (Å²) in [7, 11) is 1.48. The van der Waals surface area contributed by atoms with Crippen LogP contribution in [0.25, 0.3) is 0 Å². The smallest absolute Gasteiger partial charge is 0.323 e. The Morgan fingerprint density at radius 3 is 2.48 bits per heavy atom. The van der Waals surface area contributed by atoms with E-state index in [4.69, 9.17) is 9.84 Å². The normalized spacial score (nSPS) is 10.2. The number of hydrogen-bond acceptors (Lipinski definition) is 3. The van der Waals surface area contributed by atoms with Crippen LogP contribution in [0.15, 0.2) is 48.5 Å². The summed E-state index contributed by atoms with van der Waals surface area (Å²) in [6.07, 6.45) is 0. The molecule has 0 saturated carbocycles. The van der Waals surface area contributed by atoms with Gasteiger partial charge in [-0.3, -0.25) is 9.59 Å². The number of carbonyl (C=O) groups excluding carboxylic acids is 1. The van der Waals surface area contributed by atoms with E-state index in [9.17, 15) is 14.0 Å². The zero-order valence-corrected chi connectivity index (χ0v) is 12.5. The molecule has 1 N–H and O–H groups in total. The van der Waals surface area contributed by atoms with E-state index in [1.165, 1.54) is 36.3 Å². The molecule has 120 valence electrons. The quantitative estimate of drug-likeness (QED) is 0.889. The number of methoxy groups -OCH3 is 1. The van der Waals surface area contributed by atoms with Crippen molar-refractivity contribution in [3.8, 4) is 5.75 Å². The van der Waals surface area contributed by atoms with Gasteiger partial charge in [0.25, 0.3) is 5.91 Å². The molecule has 0 aliphatic heterocycles. The van der Waals surface area contributed by atoms with Crippen LogP contribution in [0.5, 0.6) is 5.75 Å². The van der Waals surface area contributed by atoms with E-state index in [1.54, 1.807) is 24.3 Å². The maximum Gasteiger partial charge on any atom is 0.323 e. The third-order valence-electron chi connectivity index (χ3n) is 3.22. The van der Waals surface area contributed by atoms with Crippen molar-refractivity contribution in [1.29, 1.82) is 0 Å². The first-order valence-corrected chi connectivity index (χ1v) is 6.89. The molecule has 0 aliphatic rings. The molecule has 2 rings (SSSR count). The van der Waals surface area contributed by atoms with Crippen molar-refractivity contribution >= 4 is 11.9 Å². The molecular weight excluding hydrogens is 301 g/mol. The Balaban J connectivity index is 2.24. The molecule has 0 unspecified atom stereocenters. The fraction of sp³-hybridized carbons (Fsp3) is 0.176. The molecule has 0 aliphatic carbocycles. The van der Waals surface area contributed by atoms with E-state index in [-0.39, 0.29) is 6.54 Å². The molecule has 2 aromatic carbocycles. The molecule has 0 bridgehead atoms. The van der Waals surface area contributed by atoms with Gasteiger partial charge in [-0.15, -0.1) is 0 Å². The van der Waals surface area contributed by atoms with Crippen molar-refractivity contribution in [3.05, 3.63) is 65.5 Å². The standard InChI is InChI=1S/C17H16FNO4/c1-23-15-4-2-3-13(9-15)17(22)19(11-16(20)21)10-12-5-7-14(18)8-6-12/h2-9H,10-11H2,1H3,(H,20,21). The number of nitrogens with zero attached hydrogens (tertiary/aromatic N) is 1. The van der Waals surface area contributed by atoms with E-state index in [1.807, 2.05) is 0 Å². The van der Waals surface area contributed by atoms with Crippen molar-refractivity contribution in [2.75, 3.05) is 13.7 Å². The average molecular weight is 317 g/mol. The second-order valence-electron chi connectivity index (χ2n) is 4.91. The molecule has 0 fully saturated rings. The second-order valence-corrected chi connectivity index (χ2v) is 4.91. The molecule has 1 amide bonds. The van der Waals surface area contributed by atoms with Gasteiger partial charge in [-0.2, -0.15) is 0 Å². The largest absolute Gasteiger partial charge is 0.497 e. The number of halogens is 1. The summed E-state index contributed by atoms with van der Waals surface area (Å²) < 4.78 is 18.0. The lowest BCUT2D eigenvalue weighted by molar-refractivity contribution is -0.137. The number of aliphatic carboxylic acids is 1. The van der Waals surface area contributed by atoms with E-state index in [0.29, 0.717) is 16.9 Å². The van der Waals surface area contributed by atoms with Gasteiger partial charge in [0.2, 0.25) is 0 Å². The molecular formula is C17H16FNO4. The van der Waals surface area contributed by atoms with Crippen LogP contribution >= 0.6 is 0 Å². The van der Waals surface area contributed by atoms with E-state index < -0.39 is 24.2 Å². The first-order valence-electron chi connectivity index (χ1n) is 6.89. The van der Waals surface area contributed by atoms with Crippen LogP contribution in [0.1, 0.15) is 15.9 Å². The minimum atomic E-state index is -1.12. The van der Waals surface area contributed by atoms with Crippen molar-refractivity contribution in [2.45, 2.75) is 6.54 Å². The Kier molecular flexibility index (Phi) is 5.30. The molecule has 6 heteroatoms. The first kappa shape index (κ1) is 16.5. The molecule has 0 saturated heterocycles. The highest BCUT2D eigenvalue weighted by molar-refractivity contribution is 5.96. The van der Waals surface area contributed by atoms with Crippen LogP contribution in [-0.2, 0) is 11.3 Å². The fourth-order valence-corrected chi connectivity index (χ4v) is 2.11. The van der Waals surface area contributed by atoms with Crippen LogP contribution in [0.2, 0.25) is 0 Å². The van der Waals surface area contributed by atoms with Crippen molar-refractivity contribution in [3.63, 3.8) is 0 Å². The molecule has 2 aromatic rings. The van der Waals surface area contributed by atoms with Gasteiger partial charge >= 0.3 is 5.97 Å². The number of amides is 1. The Morgan fingerprint density at radius 1 is 1.17 bits per heavy atom. The predicted molar refractivity (Wildman–Crippen MR) is 81.8 cm³/mol. The lowest BCUT2D eigenvalue weighted by atomic mass is 10.1. The number of carboxylic acid groups (broad SMARTS) is 1. The van der Waals surface area contributed by atoms with Gasteiger partial charge in [0, 0.05) is 12.1 Å². The lowest BCUT2D eigenvalue weighted by Crippen LogP contribution is -2.35. The van der Waals surface area contributed by atoms with Crippen molar-refractivity contribution in [1.82, 2.24) is 4.90 Å². The van der Waals surface area contributed by atoms with Crippen LogP contribution in [0, 0.1) is 5.82 Å². The Morgan fingerprint density at radius 2 is 1.87 bits per heavy atom. The fourth-order valence-electron chi connectivity index (χ4n) is 2.11. The van der Waals surface area contributed by atoms with Crippen molar-refractivity contribution < 1.29 is 23.8 Å². The Bertz CT molecular complexity index is 700. The molecule has 0 heterocycles. The maximum absolute atomic E-state index is 13.0. The first-order chi connectivity index (χ1) is 11.0. The summed E-state index contributed by atoms with van der Waals surface area (Å²) in [6.45, 7) is -0.379. The minimum Gasteiger partial charge on any atom is -0.497 e. The van der Waals surface area contributed by atoms with E-state index in [0.717, 1.165) is 0 Å². The highest BCUT2D eigenvalue weighted by Crippen LogP contribution is 2.16. The number of ether oxygens (including phenoxy) is 1. The van der Waals surface area contributed by atoms with Gasteiger partial charge in [0.15, 0.2) is 0 Å². The summed E-state index contributed by atoms with van der Waals surface area (Å²) in [5, 5.41) is 9.02. The number of benzene rings is 2. The summed E-state index contributed by atoms with van der Waals surface area (Å²) in [5.74, 6) is -1.44. The number of rotatable bonds is 6. The molecule has 0 spiro atoms. The Hall–Kier alpha value is -2.89. The topological polar surface area (TPSA) is 66.8 Å². The molecule has 0 radical (unpaired) electrons. The van der Waals surface area contributed by atoms with Crippen molar-refractivity contribution in [2.24, 2.45) is 0 Å². The zero-order chi connectivity index (χ0) is 16.8. The summed E-state index contributed by atoms with van der Waals surface area (Å²) in [4.78, 5) is 24.8.